The molecular weight excluding hydrogens is 406 g/mol. The molecule has 2 heterocycles. The van der Waals surface area contributed by atoms with Crippen LogP contribution < -0.4 is 19.5 Å². The summed E-state index contributed by atoms with van der Waals surface area (Å²) in [5.41, 5.74) is 1.80. The number of benzene rings is 2. The van der Waals surface area contributed by atoms with Gasteiger partial charge in [0, 0.05) is 29.6 Å². The van der Waals surface area contributed by atoms with Gasteiger partial charge in [-0.15, -0.1) is 0 Å². The van der Waals surface area contributed by atoms with Gasteiger partial charge < -0.3 is 19.5 Å². The molecule has 0 unspecified atom stereocenters. The molecule has 0 bridgehead atoms. The Balaban J connectivity index is 1.25. The molecule has 1 aliphatic carbocycles. The number of fused-ring (bicyclic) bond motifs is 2. The molecule has 164 valence electrons. The SMILES string of the molecule is COc1nccnc1OC1CCC(NC(=O)C2c3ccccc3Oc3ccccc32)CC1. The number of amides is 1. The summed E-state index contributed by atoms with van der Waals surface area (Å²) in [7, 11) is 1.55. The number of nitrogens with zero attached hydrogens (tertiary/aromatic N) is 2. The Morgan fingerprint density at radius 1 is 0.906 bits per heavy atom. The van der Waals surface area contributed by atoms with Gasteiger partial charge in [0.25, 0.3) is 11.8 Å². The molecule has 2 aliphatic rings. The van der Waals surface area contributed by atoms with E-state index in [1.54, 1.807) is 19.5 Å². The van der Waals surface area contributed by atoms with Crippen LogP contribution in [0.25, 0.3) is 0 Å². The maximum Gasteiger partial charge on any atom is 0.278 e. The molecule has 1 amide bonds. The second kappa shape index (κ2) is 8.86. The predicted molar refractivity (Wildman–Crippen MR) is 118 cm³/mol. The minimum atomic E-state index is -0.381. The standard InChI is InChI=1S/C25H25N3O4/c1-30-24-25(27-15-14-26-24)31-17-12-10-16(11-13-17)28-23(29)22-18-6-2-4-8-20(18)32-21-9-5-3-7-19(21)22/h2-9,14-17,22H,10-13H2,1H3,(H,28,29). The molecule has 7 nitrogen and oxygen atoms in total. The molecule has 5 rings (SSSR count). The molecular formula is C25H25N3O4. The summed E-state index contributed by atoms with van der Waals surface area (Å²) in [6.07, 6.45) is 6.52. The molecule has 7 heteroatoms. The van der Waals surface area contributed by atoms with E-state index in [1.165, 1.54) is 0 Å². The Kier molecular flexibility index (Phi) is 5.62. The van der Waals surface area contributed by atoms with Crippen LogP contribution in [0, 0.1) is 0 Å². The highest BCUT2D eigenvalue weighted by Gasteiger charge is 2.34. The quantitative estimate of drug-likeness (QED) is 0.651. The highest BCUT2D eigenvalue weighted by molar-refractivity contribution is 5.89. The van der Waals surface area contributed by atoms with Gasteiger partial charge in [0.1, 0.15) is 17.6 Å². The fourth-order valence-electron chi connectivity index (χ4n) is 4.49. The van der Waals surface area contributed by atoms with Gasteiger partial charge in [0.15, 0.2) is 0 Å². The van der Waals surface area contributed by atoms with E-state index in [0.29, 0.717) is 11.8 Å². The molecule has 0 spiro atoms. The number of hydrogen-bond acceptors (Lipinski definition) is 6. The highest BCUT2D eigenvalue weighted by Crippen LogP contribution is 2.44. The molecule has 32 heavy (non-hydrogen) atoms. The van der Waals surface area contributed by atoms with Crippen LogP contribution in [-0.2, 0) is 4.79 Å². The van der Waals surface area contributed by atoms with Gasteiger partial charge in [-0.05, 0) is 37.8 Å². The number of para-hydroxylation sites is 2. The van der Waals surface area contributed by atoms with Crippen molar-refractivity contribution in [3.05, 3.63) is 72.1 Å². The van der Waals surface area contributed by atoms with Gasteiger partial charge in [-0.2, -0.15) is 0 Å². The monoisotopic (exact) mass is 431 g/mol. The normalized spacial score (nSPS) is 19.8. The van der Waals surface area contributed by atoms with E-state index < -0.39 is 0 Å². The third-order valence-electron chi connectivity index (χ3n) is 6.07. The van der Waals surface area contributed by atoms with E-state index in [1.807, 2.05) is 48.5 Å². The van der Waals surface area contributed by atoms with Crippen molar-refractivity contribution in [3.63, 3.8) is 0 Å². The zero-order valence-electron chi connectivity index (χ0n) is 17.9. The van der Waals surface area contributed by atoms with Crippen LogP contribution in [0.15, 0.2) is 60.9 Å². The number of rotatable bonds is 5. The van der Waals surface area contributed by atoms with E-state index in [4.69, 9.17) is 14.2 Å². The van der Waals surface area contributed by atoms with Crippen LogP contribution in [0.4, 0.5) is 0 Å². The molecule has 1 aliphatic heterocycles. The topological polar surface area (TPSA) is 82.6 Å². The summed E-state index contributed by atoms with van der Waals surface area (Å²) >= 11 is 0. The summed E-state index contributed by atoms with van der Waals surface area (Å²) in [6.45, 7) is 0. The van der Waals surface area contributed by atoms with Crippen molar-refractivity contribution in [1.82, 2.24) is 15.3 Å². The van der Waals surface area contributed by atoms with Crippen molar-refractivity contribution in [3.8, 4) is 23.3 Å². The second-order valence-electron chi connectivity index (χ2n) is 8.08. The minimum absolute atomic E-state index is 0.00756. The number of carbonyl (C=O) groups is 1. The van der Waals surface area contributed by atoms with Gasteiger partial charge in [-0.3, -0.25) is 4.79 Å². The molecule has 2 aromatic carbocycles. The highest BCUT2D eigenvalue weighted by atomic mass is 16.5. The van der Waals surface area contributed by atoms with Crippen LogP contribution in [0.2, 0.25) is 0 Å². The van der Waals surface area contributed by atoms with Gasteiger partial charge in [-0.25, -0.2) is 9.97 Å². The van der Waals surface area contributed by atoms with Gasteiger partial charge in [0.2, 0.25) is 5.91 Å². The lowest BCUT2D eigenvalue weighted by molar-refractivity contribution is -0.122. The average molecular weight is 431 g/mol. The average Bonchev–Trinajstić information content (AvgIpc) is 2.84. The summed E-state index contributed by atoms with van der Waals surface area (Å²) < 4.78 is 17.3. The number of carbonyl (C=O) groups excluding carboxylic acids is 1. The summed E-state index contributed by atoms with van der Waals surface area (Å²) in [5.74, 6) is 1.91. The smallest absolute Gasteiger partial charge is 0.278 e. The first-order chi connectivity index (χ1) is 15.7. The van der Waals surface area contributed by atoms with E-state index in [-0.39, 0.29) is 24.0 Å². The Hall–Kier alpha value is -3.61. The zero-order valence-corrected chi connectivity index (χ0v) is 17.9. The van der Waals surface area contributed by atoms with Crippen LogP contribution in [0.1, 0.15) is 42.7 Å². The Bertz CT molecular complexity index is 1070. The molecule has 1 fully saturated rings. The molecule has 1 N–H and O–H groups in total. The van der Waals surface area contributed by atoms with Crippen molar-refractivity contribution in [2.24, 2.45) is 0 Å². The van der Waals surface area contributed by atoms with Crippen LogP contribution in [0.3, 0.4) is 0 Å². The Labute approximate surface area is 186 Å². The van der Waals surface area contributed by atoms with Crippen molar-refractivity contribution < 1.29 is 19.0 Å². The van der Waals surface area contributed by atoms with Crippen LogP contribution >= 0.6 is 0 Å². The number of hydrogen-bond donors (Lipinski definition) is 1. The number of methoxy groups -OCH3 is 1. The number of aromatic nitrogens is 2. The summed E-state index contributed by atoms with van der Waals surface area (Å²) in [5, 5.41) is 3.27. The Morgan fingerprint density at radius 2 is 1.50 bits per heavy atom. The second-order valence-corrected chi connectivity index (χ2v) is 8.08. The third-order valence-corrected chi connectivity index (χ3v) is 6.07. The van der Waals surface area contributed by atoms with Gasteiger partial charge in [-0.1, -0.05) is 36.4 Å². The number of nitrogens with one attached hydrogen (secondary N) is 1. The summed E-state index contributed by atoms with van der Waals surface area (Å²) in [6, 6.07) is 15.6. The molecule has 3 aromatic rings. The molecule has 1 aromatic heterocycles. The van der Waals surface area contributed by atoms with E-state index in [2.05, 4.69) is 15.3 Å². The first kappa shape index (κ1) is 20.3. The van der Waals surface area contributed by atoms with Crippen molar-refractivity contribution >= 4 is 5.91 Å². The summed E-state index contributed by atoms with van der Waals surface area (Å²) in [4.78, 5) is 21.8. The molecule has 0 saturated heterocycles. The van der Waals surface area contributed by atoms with Gasteiger partial charge >= 0.3 is 0 Å². The fraction of sp³-hybridized carbons (Fsp3) is 0.320. The molecule has 1 saturated carbocycles. The lowest BCUT2D eigenvalue weighted by Crippen LogP contribution is -2.42. The van der Waals surface area contributed by atoms with Crippen LogP contribution in [0.5, 0.6) is 23.3 Å². The lowest BCUT2D eigenvalue weighted by Gasteiger charge is -2.32. The van der Waals surface area contributed by atoms with Crippen molar-refractivity contribution in [2.45, 2.75) is 43.7 Å². The third kappa shape index (κ3) is 3.98. The van der Waals surface area contributed by atoms with E-state index in [0.717, 1.165) is 48.3 Å². The largest absolute Gasteiger partial charge is 0.477 e. The predicted octanol–water partition coefficient (Wildman–Crippen LogP) is 4.23. The van der Waals surface area contributed by atoms with Crippen LogP contribution in [-0.4, -0.2) is 35.1 Å². The minimum Gasteiger partial charge on any atom is -0.477 e. The fourth-order valence-corrected chi connectivity index (χ4v) is 4.49. The first-order valence-electron chi connectivity index (χ1n) is 10.9. The lowest BCUT2D eigenvalue weighted by atomic mass is 9.86. The Morgan fingerprint density at radius 3 is 2.12 bits per heavy atom. The molecule has 0 radical (unpaired) electrons. The zero-order chi connectivity index (χ0) is 21.9. The van der Waals surface area contributed by atoms with Crippen molar-refractivity contribution in [2.75, 3.05) is 7.11 Å². The molecule has 0 atom stereocenters. The van der Waals surface area contributed by atoms with E-state index >= 15 is 0 Å². The maximum absolute atomic E-state index is 13.4. The van der Waals surface area contributed by atoms with Crippen molar-refractivity contribution in [1.29, 1.82) is 0 Å². The maximum atomic E-state index is 13.4. The van der Waals surface area contributed by atoms with E-state index in [9.17, 15) is 4.79 Å². The number of ether oxygens (including phenoxy) is 3. The first-order valence-corrected chi connectivity index (χ1v) is 10.9. The van der Waals surface area contributed by atoms with Gasteiger partial charge in [0.05, 0.1) is 13.0 Å².